The van der Waals surface area contributed by atoms with E-state index >= 15 is 0 Å². The molecule has 1 aliphatic heterocycles. The molecule has 0 radical (unpaired) electrons. The molecule has 0 bridgehead atoms. The third kappa shape index (κ3) is 5.86. The first-order valence-electron chi connectivity index (χ1n) is 15.2. The molecule has 0 aromatic heterocycles. The maximum absolute atomic E-state index is 10.0. The van der Waals surface area contributed by atoms with Crippen LogP contribution < -0.4 is 0 Å². The molecule has 0 saturated carbocycles. The number of benzene rings is 6. The highest BCUT2D eigenvalue weighted by Gasteiger charge is 2.34. The summed E-state index contributed by atoms with van der Waals surface area (Å²) in [5, 5.41) is 19.4. The van der Waals surface area contributed by atoms with Crippen molar-refractivity contribution >= 4 is 0 Å². The molecule has 2 N–H and O–H groups in total. The summed E-state index contributed by atoms with van der Waals surface area (Å²) >= 11 is 0. The number of hydrogen-bond donors (Lipinski definition) is 2. The summed E-state index contributed by atoms with van der Waals surface area (Å²) in [7, 11) is 0. The Kier molecular flexibility index (Phi) is 7.91. The van der Waals surface area contributed by atoms with Gasteiger partial charge in [-0.05, 0) is 61.2 Å². The molecule has 0 aliphatic carbocycles. The Balaban J connectivity index is 1.00. The van der Waals surface area contributed by atoms with Crippen LogP contribution in [0.15, 0.2) is 152 Å². The highest BCUT2D eigenvalue weighted by molar-refractivity contribution is 5.76. The molecule has 6 aromatic rings. The maximum atomic E-state index is 10.0. The first kappa shape index (κ1) is 28.0. The zero-order valence-electron chi connectivity index (χ0n) is 24.4. The summed E-state index contributed by atoms with van der Waals surface area (Å²) in [6.45, 7) is -0.163. The Labute approximate surface area is 258 Å². The monoisotopic (exact) mass is 574 g/mol. The molecular formula is C41H34O3. The van der Waals surface area contributed by atoms with Gasteiger partial charge < -0.3 is 14.9 Å². The van der Waals surface area contributed by atoms with Gasteiger partial charge in [-0.2, -0.15) is 0 Å². The van der Waals surface area contributed by atoms with Gasteiger partial charge in [-0.3, -0.25) is 0 Å². The lowest BCUT2D eigenvalue weighted by molar-refractivity contribution is -0.0225. The minimum Gasteiger partial charge on any atom is -0.394 e. The van der Waals surface area contributed by atoms with E-state index in [0.717, 1.165) is 16.7 Å². The van der Waals surface area contributed by atoms with Crippen LogP contribution in [0.2, 0.25) is 0 Å². The summed E-state index contributed by atoms with van der Waals surface area (Å²) in [4.78, 5) is 0. The first-order valence-corrected chi connectivity index (χ1v) is 15.2. The predicted molar refractivity (Wildman–Crippen MR) is 179 cm³/mol. The minimum absolute atomic E-state index is 0.163. The van der Waals surface area contributed by atoms with Crippen molar-refractivity contribution in [1.29, 1.82) is 0 Å². The van der Waals surface area contributed by atoms with E-state index in [1.54, 1.807) is 0 Å². The molecular weight excluding hydrogens is 540 g/mol. The number of aliphatic hydroxyl groups is 2. The summed E-state index contributed by atoms with van der Waals surface area (Å²) in [5.74, 6) is 0. The fraction of sp³-hybridized carbons (Fsp3) is 0.122. The molecule has 1 heterocycles. The van der Waals surface area contributed by atoms with E-state index in [-0.39, 0.29) is 12.7 Å². The van der Waals surface area contributed by atoms with Crippen LogP contribution in [0.1, 0.15) is 18.1 Å². The summed E-state index contributed by atoms with van der Waals surface area (Å²) in [5.41, 5.74) is 12.9. The largest absolute Gasteiger partial charge is 0.394 e. The Morgan fingerprint density at radius 3 is 1.02 bits per heavy atom. The average molecular weight is 575 g/mol. The van der Waals surface area contributed by atoms with Crippen LogP contribution >= 0.6 is 0 Å². The molecule has 1 aliphatic rings. The second kappa shape index (κ2) is 12.4. The van der Waals surface area contributed by atoms with E-state index < -0.39 is 12.2 Å². The van der Waals surface area contributed by atoms with Gasteiger partial charge in [0.1, 0.15) is 6.10 Å². The van der Waals surface area contributed by atoms with Crippen LogP contribution in [0.3, 0.4) is 0 Å². The van der Waals surface area contributed by atoms with Gasteiger partial charge in [0.2, 0.25) is 0 Å². The predicted octanol–water partition coefficient (Wildman–Crippen LogP) is 9.20. The van der Waals surface area contributed by atoms with Crippen LogP contribution in [0.4, 0.5) is 0 Å². The third-order valence-corrected chi connectivity index (χ3v) is 8.67. The molecule has 7 rings (SSSR count). The Morgan fingerprint density at radius 2 is 0.727 bits per heavy atom. The normalized spacial score (nSPS) is 17.9. The van der Waals surface area contributed by atoms with Crippen molar-refractivity contribution in [2.24, 2.45) is 0 Å². The van der Waals surface area contributed by atoms with Crippen molar-refractivity contribution < 1.29 is 14.9 Å². The smallest absolute Gasteiger partial charge is 0.107 e. The third-order valence-electron chi connectivity index (χ3n) is 8.67. The highest BCUT2D eigenvalue weighted by atomic mass is 16.5. The quantitative estimate of drug-likeness (QED) is 0.200. The highest BCUT2D eigenvalue weighted by Crippen LogP contribution is 2.35. The zero-order chi connectivity index (χ0) is 29.9. The van der Waals surface area contributed by atoms with Crippen molar-refractivity contribution in [2.45, 2.75) is 24.7 Å². The SMILES string of the molecule is OC[C@H]1OC(c2ccc(-c3ccc(-c4ccc(-c5ccc(-c6ccc(-c7ccccc7)cc6)cc5)cc4)cc3)cc2)C[C@@H]1O. The standard InChI is InChI=1S/C41H34O3/c42-27-41-39(43)26-40(44-41)38-24-22-37(23-25-38)36-20-18-35(19-21-36)34-16-14-33(15-17-34)32-12-10-31(11-13-32)30-8-6-29(7-9-30)28-4-2-1-3-5-28/h1-25,39-43H,26-27H2/t39-,40?,41+/m0/s1. The fourth-order valence-electron chi connectivity index (χ4n) is 6.05. The van der Waals surface area contributed by atoms with E-state index in [4.69, 9.17) is 4.74 Å². The van der Waals surface area contributed by atoms with Crippen molar-refractivity contribution in [1.82, 2.24) is 0 Å². The lowest BCUT2D eigenvalue weighted by Crippen LogP contribution is -2.24. The summed E-state index contributed by atoms with van der Waals surface area (Å²) in [6.07, 6.45) is -0.804. The molecule has 3 heteroatoms. The number of aliphatic hydroxyl groups excluding tert-OH is 2. The van der Waals surface area contributed by atoms with E-state index in [2.05, 4.69) is 133 Å². The lowest BCUT2D eigenvalue weighted by atomic mass is 9.96. The molecule has 44 heavy (non-hydrogen) atoms. The van der Waals surface area contributed by atoms with Crippen LogP contribution in [0, 0.1) is 0 Å². The van der Waals surface area contributed by atoms with Crippen molar-refractivity contribution in [2.75, 3.05) is 6.61 Å². The number of hydrogen-bond acceptors (Lipinski definition) is 3. The van der Waals surface area contributed by atoms with Crippen molar-refractivity contribution in [3.8, 4) is 55.6 Å². The molecule has 1 unspecified atom stereocenters. The van der Waals surface area contributed by atoms with Crippen molar-refractivity contribution in [3.05, 3.63) is 157 Å². The average Bonchev–Trinajstić information content (AvgIpc) is 3.49. The van der Waals surface area contributed by atoms with E-state index in [1.807, 2.05) is 18.2 Å². The van der Waals surface area contributed by atoms with Crippen LogP contribution in [0.25, 0.3) is 55.6 Å². The maximum Gasteiger partial charge on any atom is 0.107 e. The minimum atomic E-state index is -0.624. The van der Waals surface area contributed by atoms with E-state index in [9.17, 15) is 10.2 Å². The fourth-order valence-corrected chi connectivity index (χ4v) is 6.05. The Hall–Kier alpha value is -4.80. The molecule has 0 spiro atoms. The van der Waals surface area contributed by atoms with Crippen LogP contribution in [-0.4, -0.2) is 29.0 Å². The van der Waals surface area contributed by atoms with Gasteiger partial charge in [0.15, 0.2) is 0 Å². The van der Waals surface area contributed by atoms with Crippen molar-refractivity contribution in [3.63, 3.8) is 0 Å². The first-order chi connectivity index (χ1) is 21.6. The molecule has 6 aromatic carbocycles. The van der Waals surface area contributed by atoms with E-state index in [1.165, 1.54) is 44.5 Å². The Bertz CT molecular complexity index is 1810. The Morgan fingerprint density at radius 1 is 0.432 bits per heavy atom. The van der Waals surface area contributed by atoms with Gasteiger partial charge in [-0.15, -0.1) is 0 Å². The number of rotatable bonds is 7. The molecule has 0 amide bonds. The van der Waals surface area contributed by atoms with Gasteiger partial charge in [0.05, 0.1) is 18.8 Å². The number of ether oxygens (including phenoxy) is 1. The van der Waals surface area contributed by atoms with Gasteiger partial charge in [0, 0.05) is 6.42 Å². The van der Waals surface area contributed by atoms with Crippen LogP contribution in [0.5, 0.6) is 0 Å². The summed E-state index contributed by atoms with van der Waals surface area (Å²) < 4.78 is 5.80. The van der Waals surface area contributed by atoms with E-state index in [0.29, 0.717) is 6.42 Å². The zero-order valence-corrected chi connectivity index (χ0v) is 24.4. The topological polar surface area (TPSA) is 49.7 Å². The second-order valence-electron chi connectivity index (χ2n) is 11.4. The van der Waals surface area contributed by atoms with Gasteiger partial charge in [0.25, 0.3) is 0 Å². The molecule has 1 fully saturated rings. The van der Waals surface area contributed by atoms with Gasteiger partial charge in [-0.1, -0.05) is 152 Å². The molecule has 216 valence electrons. The van der Waals surface area contributed by atoms with Crippen LogP contribution in [-0.2, 0) is 4.74 Å². The lowest BCUT2D eigenvalue weighted by Gasteiger charge is -2.13. The molecule has 1 saturated heterocycles. The van der Waals surface area contributed by atoms with Gasteiger partial charge >= 0.3 is 0 Å². The molecule has 3 atom stereocenters. The summed E-state index contributed by atoms with van der Waals surface area (Å²) in [6, 6.07) is 53.7. The second-order valence-corrected chi connectivity index (χ2v) is 11.4. The molecule has 3 nitrogen and oxygen atoms in total. The van der Waals surface area contributed by atoms with Gasteiger partial charge in [-0.25, -0.2) is 0 Å².